The number of nitrogens with zero attached hydrogens (tertiary/aromatic N) is 1. The van der Waals surface area contributed by atoms with Crippen LogP contribution in [-0.2, 0) is 0 Å². The molecular weight excluding hydrogens is 120 g/mol. The van der Waals surface area contributed by atoms with Crippen LogP contribution in [0.25, 0.3) is 0 Å². The van der Waals surface area contributed by atoms with Crippen LogP contribution in [0.15, 0.2) is 16.9 Å². The number of hydrogen-bond acceptors (Lipinski definition) is 4. The van der Waals surface area contributed by atoms with E-state index in [1.165, 1.54) is 12.5 Å². The predicted octanol–water partition coefficient (Wildman–Crippen LogP) is -0.115. The molecule has 1 heterocycles. The highest BCUT2D eigenvalue weighted by molar-refractivity contribution is 4.82. The molecule has 0 amide bonds. The van der Waals surface area contributed by atoms with Crippen molar-refractivity contribution in [1.82, 2.24) is 10.3 Å². The molecule has 1 aromatic heterocycles. The van der Waals surface area contributed by atoms with E-state index in [1.54, 1.807) is 7.05 Å². The van der Waals surface area contributed by atoms with Gasteiger partial charge in [-0.15, -0.1) is 0 Å². The van der Waals surface area contributed by atoms with Gasteiger partial charge in [-0.1, -0.05) is 0 Å². The Morgan fingerprint density at radius 3 is 3.11 bits per heavy atom. The summed E-state index contributed by atoms with van der Waals surface area (Å²) in [5.74, 6) is 0.289. The number of nitrogens with one attached hydrogen (secondary N) is 1. The summed E-state index contributed by atoms with van der Waals surface area (Å²) in [6.07, 6.45) is 2.10. The van der Waals surface area contributed by atoms with E-state index in [-0.39, 0.29) is 5.89 Å². The van der Waals surface area contributed by atoms with E-state index >= 15 is 0 Å². The Bertz CT molecular complexity index is 161. The Kier molecular flexibility index (Phi) is 1.81. The smallest absolute Gasteiger partial charge is 0.238 e. The molecule has 0 saturated heterocycles. The van der Waals surface area contributed by atoms with Gasteiger partial charge in [0, 0.05) is 0 Å². The third-order valence-electron chi connectivity index (χ3n) is 0.959. The fraction of sp³-hybridized carbons (Fsp3) is 0.400. The molecule has 0 radical (unpaired) electrons. The van der Waals surface area contributed by atoms with E-state index in [4.69, 9.17) is 9.52 Å². The van der Waals surface area contributed by atoms with Crippen LogP contribution in [0.3, 0.4) is 0 Å². The second-order valence-corrected chi connectivity index (χ2v) is 1.56. The molecule has 0 saturated carbocycles. The van der Waals surface area contributed by atoms with Crippen molar-refractivity contribution in [2.45, 2.75) is 6.23 Å². The fourth-order valence-corrected chi connectivity index (χ4v) is 0.493. The van der Waals surface area contributed by atoms with Crippen LogP contribution in [0.1, 0.15) is 12.1 Å². The summed E-state index contributed by atoms with van der Waals surface area (Å²) >= 11 is 0. The largest absolute Gasteiger partial charge is 0.445 e. The summed E-state index contributed by atoms with van der Waals surface area (Å²) < 4.78 is 4.76. The first-order valence-corrected chi connectivity index (χ1v) is 2.59. The first-order chi connectivity index (χ1) is 4.34. The van der Waals surface area contributed by atoms with Gasteiger partial charge in [0.25, 0.3) is 0 Å². The molecule has 0 aliphatic rings. The van der Waals surface area contributed by atoms with Crippen molar-refractivity contribution in [3.8, 4) is 0 Å². The summed E-state index contributed by atoms with van der Waals surface area (Å²) in [7, 11) is 1.62. The highest BCUT2D eigenvalue weighted by Crippen LogP contribution is 2.03. The lowest BCUT2D eigenvalue weighted by molar-refractivity contribution is 0.117. The Morgan fingerprint density at radius 1 is 1.89 bits per heavy atom. The van der Waals surface area contributed by atoms with Crippen molar-refractivity contribution in [3.05, 3.63) is 18.4 Å². The molecule has 1 rings (SSSR count). The first-order valence-electron chi connectivity index (χ1n) is 2.59. The monoisotopic (exact) mass is 128 g/mol. The molecule has 0 fully saturated rings. The average Bonchev–Trinajstić information content (AvgIpc) is 2.37. The molecule has 0 aliphatic carbocycles. The van der Waals surface area contributed by atoms with E-state index in [0.29, 0.717) is 0 Å². The van der Waals surface area contributed by atoms with Crippen LogP contribution in [-0.4, -0.2) is 17.1 Å². The van der Waals surface area contributed by atoms with Crippen molar-refractivity contribution in [1.29, 1.82) is 0 Å². The Labute approximate surface area is 52.5 Å². The molecule has 0 aliphatic heterocycles. The van der Waals surface area contributed by atoms with Crippen molar-refractivity contribution >= 4 is 0 Å². The molecule has 0 spiro atoms. The number of hydrogen-bond donors (Lipinski definition) is 2. The van der Waals surface area contributed by atoms with Gasteiger partial charge in [-0.05, 0) is 7.05 Å². The van der Waals surface area contributed by atoms with Gasteiger partial charge in [-0.3, -0.25) is 5.32 Å². The van der Waals surface area contributed by atoms with Gasteiger partial charge < -0.3 is 9.52 Å². The number of aliphatic hydroxyl groups excluding tert-OH is 1. The van der Waals surface area contributed by atoms with E-state index in [1.807, 2.05) is 0 Å². The van der Waals surface area contributed by atoms with Crippen LogP contribution >= 0.6 is 0 Å². The maximum Gasteiger partial charge on any atom is 0.238 e. The van der Waals surface area contributed by atoms with Gasteiger partial charge in [0.15, 0.2) is 6.23 Å². The summed E-state index contributed by atoms with van der Waals surface area (Å²) in [4.78, 5) is 3.71. The second-order valence-electron chi connectivity index (χ2n) is 1.56. The lowest BCUT2D eigenvalue weighted by Gasteiger charge is -2.01. The first kappa shape index (κ1) is 6.25. The zero-order chi connectivity index (χ0) is 6.69. The maximum absolute atomic E-state index is 8.95. The molecule has 0 aromatic carbocycles. The minimum atomic E-state index is -0.792. The standard InChI is InChI=1S/C5H8N2O2/c1-6-4(8)5-7-2-3-9-5/h2-4,6,8H,1H3. The summed E-state index contributed by atoms with van der Waals surface area (Å²) in [5, 5.41) is 11.5. The number of oxazole rings is 1. The van der Waals surface area contributed by atoms with Crippen molar-refractivity contribution in [2.24, 2.45) is 0 Å². The number of aliphatic hydroxyl groups is 1. The normalized spacial score (nSPS) is 13.6. The Morgan fingerprint density at radius 2 is 2.67 bits per heavy atom. The van der Waals surface area contributed by atoms with Gasteiger partial charge in [-0.2, -0.15) is 0 Å². The molecule has 4 heteroatoms. The third-order valence-corrected chi connectivity index (χ3v) is 0.959. The van der Waals surface area contributed by atoms with Crippen molar-refractivity contribution in [3.63, 3.8) is 0 Å². The van der Waals surface area contributed by atoms with E-state index in [0.717, 1.165) is 0 Å². The van der Waals surface area contributed by atoms with Crippen LogP contribution < -0.4 is 5.32 Å². The molecule has 1 atom stereocenters. The van der Waals surface area contributed by atoms with Crippen LogP contribution in [0.5, 0.6) is 0 Å². The number of rotatable bonds is 2. The van der Waals surface area contributed by atoms with Crippen molar-refractivity contribution in [2.75, 3.05) is 7.05 Å². The molecule has 9 heavy (non-hydrogen) atoms. The molecule has 4 nitrogen and oxygen atoms in total. The Hall–Kier alpha value is -0.870. The summed E-state index contributed by atoms with van der Waals surface area (Å²) in [6.45, 7) is 0. The zero-order valence-corrected chi connectivity index (χ0v) is 5.03. The number of aromatic nitrogens is 1. The lowest BCUT2D eigenvalue weighted by Crippen LogP contribution is -2.15. The molecule has 1 aromatic rings. The highest BCUT2D eigenvalue weighted by atomic mass is 16.4. The molecule has 1 unspecified atom stereocenters. The summed E-state index contributed by atoms with van der Waals surface area (Å²) in [5.41, 5.74) is 0. The topological polar surface area (TPSA) is 58.3 Å². The molecule has 0 bridgehead atoms. The van der Waals surface area contributed by atoms with Crippen LogP contribution in [0, 0.1) is 0 Å². The van der Waals surface area contributed by atoms with Gasteiger partial charge >= 0.3 is 0 Å². The molecular formula is C5H8N2O2. The predicted molar refractivity (Wildman–Crippen MR) is 30.5 cm³/mol. The fourth-order valence-electron chi connectivity index (χ4n) is 0.493. The second kappa shape index (κ2) is 2.61. The summed E-state index contributed by atoms with van der Waals surface area (Å²) in [6, 6.07) is 0. The SMILES string of the molecule is CNC(O)c1ncco1. The molecule has 50 valence electrons. The minimum Gasteiger partial charge on any atom is -0.445 e. The van der Waals surface area contributed by atoms with E-state index in [2.05, 4.69) is 10.3 Å². The molecule has 2 N–H and O–H groups in total. The van der Waals surface area contributed by atoms with Gasteiger partial charge in [0.1, 0.15) is 6.26 Å². The van der Waals surface area contributed by atoms with Gasteiger partial charge in [0.2, 0.25) is 5.89 Å². The lowest BCUT2D eigenvalue weighted by atomic mass is 10.6. The van der Waals surface area contributed by atoms with Crippen molar-refractivity contribution < 1.29 is 9.52 Å². The van der Waals surface area contributed by atoms with E-state index < -0.39 is 6.23 Å². The Balaban J connectivity index is 2.65. The van der Waals surface area contributed by atoms with E-state index in [9.17, 15) is 0 Å². The minimum absolute atomic E-state index is 0.289. The van der Waals surface area contributed by atoms with Gasteiger partial charge in [0.05, 0.1) is 6.20 Å². The quantitative estimate of drug-likeness (QED) is 0.545. The zero-order valence-electron chi connectivity index (χ0n) is 5.03. The van der Waals surface area contributed by atoms with Gasteiger partial charge in [-0.25, -0.2) is 4.98 Å². The van der Waals surface area contributed by atoms with Crippen LogP contribution in [0.2, 0.25) is 0 Å². The third kappa shape index (κ3) is 1.28. The van der Waals surface area contributed by atoms with Crippen LogP contribution in [0.4, 0.5) is 0 Å². The average molecular weight is 128 g/mol. The maximum atomic E-state index is 8.95. The highest BCUT2D eigenvalue weighted by Gasteiger charge is 2.06.